The first-order chi connectivity index (χ1) is 10.8. The Hall–Kier alpha value is -2.28. The molecule has 0 N–H and O–H groups in total. The van der Waals surface area contributed by atoms with Crippen LogP contribution in [0.15, 0.2) is 28.8 Å². The predicted molar refractivity (Wildman–Crippen MR) is 87.5 cm³/mol. The van der Waals surface area contributed by atoms with E-state index in [1.54, 1.807) is 0 Å². The lowest BCUT2D eigenvalue weighted by molar-refractivity contribution is 0.369. The normalized spacial score (nSPS) is 15.5. The summed E-state index contributed by atoms with van der Waals surface area (Å²) in [5.74, 6) is 3.34. The van der Waals surface area contributed by atoms with Crippen molar-refractivity contribution in [3.8, 4) is 23.7 Å². The number of hydrogen-bond acceptors (Lipinski definition) is 4. The molecule has 22 heavy (non-hydrogen) atoms. The Bertz CT molecular complexity index is 648. The minimum atomic E-state index is 0.413. The second kappa shape index (κ2) is 6.65. The Balaban J connectivity index is 1.83. The third-order valence-electron chi connectivity index (χ3n) is 4.25. The van der Waals surface area contributed by atoms with Gasteiger partial charge in [-0.25, -0.2) is 0 Å². The van der Waals surface area contributed by atoms with E-state index in [2.05, 4.69) is 27.9 Å². The monoisotopic (exact) mass is 295 g/mol. The second-order valence-corrected chi connectivity index (χ2v) is 5.89. The van der Waals surface area contributed by atoms with Gasteiger partial charge in [0.2, 0.25) is 5.82 Å². The summed E-state index contributed by atoms with van der Waals surface area (Å²) in [5.41, 5.74) is 2.17. The summed E-state index contributed by atoms with van der Waals surface area (Å²) >= 11 is 0. The van der Waals surface area contributed by atoms with Gasteiger partial charge in [-0.05, 0) is 19.8 Å². The van der Waals surface area contributed by atoms with Gasteiger partial charge in [0.1, 0.15) is 0 Å². The lowest BCUT2D eigenvalue weighted by atomic mass is 9.94. The van der Waals surface area contributed by atoms with Crippen LogP contribution in [-0.4, -0.2) is 22.7 Å². The highest BCUT2D eigenvalue weighted by atomic mass is 16.5. The molecule has 1 aliphatic rings. The van der Waals surface area contributed by atoms with Crippen LogP contribution < -0.4 is 4.90 Å². The van der Waals surface area contributed by atoms with Crippen LogP contribution in [0.1, 0.15) is 37.7 Å². The van der Waals surface area contributed by atoms with Crippen LogP contribution in [0.3, 0.4) is 0 Å². The van der Waals surface area contributed by atoms with Crippen molar-refractivity contribution >= 4 is 6.01 Å². The van der Waals surface area contributed by atoms with E-state index in [1.165, 1.54) is 24.8 Å². The van der Waals surface area contributed by atoms with Gasteiger partial charge in [0.05, 0.1) is 6.54 Å². The summed E-state index contributed by atoms with van der Waals surface area (Å²) in [7, 11) is 0. The second-order valence-electron chi connectivity index (χ2n) is 5.89. The molecule has 1 fully saturated rings. The Morgan fingerprint density at radius 2 is 1.95 bits per heavy atom. The van der Waals surface area contributed by atoms with E-state index in [-0.39, 0.29) is 0 Å². The molecule has 0 spiro atoms. The lowest BCUT2D eigenvalue weighted by Gasteiger charge is -2.31. The third-order valence-corrected chi connectivity index (χ3v) is 4.25. The topological polar surface area (TPSA) is 42.2 Å². The molecule has 1 heterocycles. The summed E-state index contributed by atoms with van der Waals surface area (Å²) in [6.45, 7) is 2.57. The number of aromatic nitrogens is 2. The maximum absolute atomic E-state index is 5.53. The van der Waals surface area contributed by atoms with Crippen molar-refractivity contribution in [3.05, 3.63) is 29.8 Å². The maximum Gasteiger partial charge on any atom is 0.325 e. The van der Waals surface area contributed by atoms with Crippen LogP contribution in [-0.2, 0) is 0 Å². The van der Waals surface area contributed by atoms with Gasteiger partial charge >= 0.3 is 6.01 Å². The van der Waals surface area contributed by atoms with Gasteiger partial charge in [0.25, 0.3) is 0 Å². The van der Waals surface area contributed by atoms with E-state index in [4.69, 9.17) is 10.9 Å². The predicted octanol–water partition coefficient (Wildman–Crippen LogP) is 3.82. The summed E-state index contributed by atoms with van der Waals surface area (Å²) in [6, 6.07) is 9.07. The number of anilines is 1. The highest BCUT2D eigenvalue weighted by Gasteiger charge is 2.25. The Morgan fingerprint density at radius 1 is 1.23 bits per heavy atom. The van der Waals surface area contributed by atoms with Crippen molar-refractivity contribution in [2.45, 2.75) is 45.1 Å². The third kappa shape index (κ3) is 3.14. The molecule has 0 saturated heterocycles. The Morgan fingerprint density at radius 3 is 2.64 bits per heavy atom. The van der Waals surface area contributed by atoms with Crippen molar-refractivity contribution in [2.24, 2.45) is 0 Å². The van der Waals surface area contributed by atoms with Crippen molar-refractivity contribution < 1.29 is 4.52 Å². The van der Waals surface area contributed by atoms with E-state index in [9.17, 15) is 0 Å². The number of nitrogens with zero attached hydrogens (tertiary/aromatic N) is 3. The van der Waals surface area contributed by atoms with Crippen LogP contribution in [0.4, 0.5) is 6.01 Å². The molecule has 0 radical (unpaired) electrons. The summed E-state index contributed by atoms with van der Waals surface area (Å²) in [6.07, 6.45) is 11.6. The first kappa shape index (κ1) is 14.6. The fourth-order valence-electron chi connectivity index (χ4n) is 3.00. The van der Waals surface area contributed by atoms with Gasteiger partial charge in [-0.3, -0.25) is 0 Å². The van der Waals surface area contributed by atoms with Gasteiger partial charge in [-0.1, -0.05) is 60.2 Å². The molecule has 0 bridgehead atoms. The van der Waals surface area contributed by atoms with Gasteiger partial charge in [-0.15, -0.1) is 6.42 Å². The van der Waals surface area contributed by atoms with Crippen molar-refractivity contribution in [3.63, 3.8) is 0 Å². The van der Waals surface area contributed by atoms with Crippen LogP contribution in [0.25, 0.3) is 11.4 Å². The zero-order valence-electron chi connectivity index (χ0n) is 13.0. The quantitative estimate of drug-likeness (QED) is 0.804. The van der Waals surface area contributed by atoms with Gasteiger partial charge in [-0.2, -0.15) is 4.98 Å². The maximum atomic E-state index is 5.53. The molecule has 0 amide bonds. The van der Waals surface area contributed by atoms with Gasteiger partial charge in [0, 0.05) is 11.6 Å². The molecule has 0 unspecified atom stereocenters. The molecule has 0 aliphatic heterocycles. The zero-order chi connectivity index (χ0) is 15.4. The van der Waals surface area contributed by atoms with Crippen molar-refractivity contribution in [1.29, 1.82) is 0 Å². The fraction of sp³-hybridized carbons (Fsp3) is 0.444. The van der Waals surface area contributed by atoms with Gasteiger partial charge in [0.15, 0.2) is 0 Å². The fourth-order valence-corrected chi connectivity index (χ4v) is 3.00. The largest absolute Gasteiger partial charge is 0.325 e. The van der Waals surface area contributed by atoms with E-state index < -0.39 is 0 Å². The van der Waals surface area contributed by atoms with Gasteiger partial charge < -0.3 is 9.42 Å². The smallest absolute Gasteiger partial charge is 0.315 e. The van der Waals surface area contributed by atoms with Crippen molar-refractivity contribution in [1.82, 2.24) is 10.1 Å². The zero-order valence-corrected chi connectivity index (χ0v) is 13.0. The average molecular weight is 295 g/mol. The molecular formula is C18H21N3O. The molecule has 1 aromatic heterocycles. The molecule has 4 heteroatoms. The highest BCUT2D eigenvalue weighted by molar-refractivity contribution is 5.56. The number of benzene rings is 1. The number of rotatable bonds is 4. The minimum Gasteiger partial charge on any atom is -0.315 e. The Labute approximate surface area is 131 Å². The number of aryl methyl sites for hydroxylation is 1. The summed E-state index contributed by atoms with van der Waals surface area (Å²) in [4.78, 5) is 6.64. The molecule has 114 valence electrons. The Kier molecular flexibility index (Phi) is 4.43. The van der Waals surface area contributed by atoms with Crippen LogP contribution in [0, 0.1) is 19.3 Å². The van der Waals surface area contributed by atoms with E-state index in [0.29, 0.717) is 24.4 Å². The first-order valence-corrected chi connectivity index (χ1v) is 7.89. The molecule has 3 rings (SSSR count). The molecule has 1 aliphatic carbocycles. The van der Waals surface area contributed by atoms with Crippen LogP contribution in [0.5, 0.6) is 0 Å². The molecule has 0 atom stereocenters. The highest BCUT2D eigenvalue weighted by Crippen LogP contribution is 2.27. The van der Waals surface area contributed by atoms with E-state index in [1.807, 2.05) is 24.3 Å². The van der Waals surface area contributed by atoms with E-state index in [0.717, 1.165) is 18.4 Å². The van der Waals surface area contributed by atoms with E-state index >= 15 is 0 Å². The summed E-state index contributed by atoms with van der Waals surface area (Å²) in [5, 5.41) is 4.12. The molecule has 1 saturated carbocycles. The minimum absolute atomic E-state index is 0.413. The molecule has 1 aromatic carbocycles. The first-order valence-electron chi connectivity index (χ1n) is 7.89. The molecular weight excluding hydrogens is 274 g/mol. The lowest BCUT2D eigenvalue weighted by Crippen LogP contribution is -2.37. The SMILES string of the molecule is C#CCN(c1nc(-c2ccc(C)cc2)no1)C1CCCCC1. The molecule has 4 nitrogen and oxygen atoms in total. The van der Waals surface area contributed by atoms with Crippen molar-refractivity contribution in [2.75, 3.05) is 11.4 Å². The van der Waals surface area contributed by atoms with Crippen LogP contribution in [0.2, 0.25) is 0 Å². The average Bonchev–Trinajstić information content (AvgIpc) is 3.04. The standard InChI is InChI=1S/C18H21N3O/c1-3-13-21(16-7-5-4-6-8-16)18-19-17(20-22-18)15-11-9-14(2)10-12-15/h1,9-12,16H,4-8,13H2,2H3. The number of hydrogen-bond donors (Lipinski definition) is 0. The number of terminal acetylenes is 1. The molecule has 2 aromatic rings. The van der Waals surface area contributed by atoms with Crippen LogP contribution >= 0.6 is 0 Å². The summed E-state index contributed by atoms with van der Waals surface area (Å²) < 4.78 is 5.49.